The SMILES string of the molecule is COc1cc(-c2nc(Cc3ccc4[nH]ncc4c3Cl)n(C)n2)ccc1OCC(=O)NC(C)c1ccccn1. The zero-order valence-corrected chi connectivity index (χ0v) is 21.9. The van der Waals surface area contributed by atoms with Gasteiger partial charge in [0.05, 0.1) is 35.6 Å². The van der Waals surface area contributed by atoms with E-state index >= 15 is 0 Å². The number of carbonyl (C=O) groups excluding carboxylic acids is 1. The molecule has 0 aliphatic heterocycles. The topological polar surface area (TPSA) is 120 Å². The molecule has 0 saturated carbocycles. The smallest absolute Gasteiger partial charge is 0.258 e. The summed E-state index contributed by atoms with van der Waals surface area (Å²) in [7, 11) is 3.38. The first kappa shape index (κ1) is 25.2. The number of ether oxygens (including phenoxy) is 2. The average molecular weight is 532 g/mol. The van der Waals surface area contributed by atoms with Crippen molar-refractivity contribution >= 4 is 28.4 Å². The van der Waals surface area contributed by atoms with Gasteiger partial charge in [-0.15, -0.1) is 0 Å². The van der Waals surface area contributed by atoms with Crippen LogP contribution in [0, 0.1) is 0 Å². The molecule has 0 fully saturated rings. The maximum absolute atomic E-state index is 12.4. The van der Waals surface area contributed by atoms with Gasteiger partial charge in [-0.25, -0.2) is 4.98 Å². The van der Waals surface area contributed by atoms with Crippen molar-refractivity contribution in [3.05, 3.63) is 83.0 Å². The Morgan fingerprint density at radius 3 is 2.84 bits per heavy atom. The molecule has 2 aromatic carbocycles. The molecule has 11 heteroatoms. The normalized spacial score (nSPS) is 11.9. The van der Waals surface area contributed by atoms with E-state index in [9.17, 15) is 4.79 Å². The number of amides is 1. The molecule has 2 N–H and O–H groups in total. The number of H-pyrrole nitrogens is 1. The molecule has 0 aliphatic carbocycles. The van der Waals surface area contributed by atoms with Gasteiger partial charge in [0, 0.05) is 30.6 Å². The second-order valence-electron chi connectivity index (χ2n) is 8.72. The van der Waals surface area contributed by atoms with Gasteiger partial charge in [0.15, 0.2) is 23.9 Å². The van der Waals surface area contributed by atoms with Crippen molar-refractivity contribution in [2.75, 3.05) is 13.7 Å². The molecule has 3 heterocycles. The van der Waals surface area contributed by atoms with Crippen LogP contribution >= 0.6 is 11.6 Å². The molecule has 5 aromatic rings. The Balaban J connectivity index is 1.27. The summed E-state index contributed by atoms with van der Waals surface area (Å²) in [6, 6.07) is 14.6. The standard InChI is InChI=1S/C27H26ClN7O3/c1-16(20-6-4-5-11-29-20)31-25(36)15-38-22-10-8-18(12-23(22)37-3)27-32-24(35(2)34-27)13-17-7-9-21-19(26(17)28)14-30-33-21/h4-12,14,16H,13,15H2,1-3H3,(H,30,33)(H,31,36). The summed E-state index contributed by atoms with van der Waals surface area (Å²) < 4.78 is 13.0. The molecule has 5 rings (SSSR count). The summed E-state index contributed by atoms with van der Waals surface area (Å²) in [6.07, 6.45) is 3.91. The van der Waals surface area contributed by atoms with E-state index in [1.807, 2.05) is 50.4 Å². The highest BCUT2D eigenvalue weighted by Gasteiger charge is 2.17. The minimum absolute atomic E-state index is 0.166. The van der Waals surface area contributed by atoms with Crippen LogP contribution in [-0.2, 0) is 18.3 Å². The predicted octanol–water partition coefficient (Wildman–Crippen LogP) is 4.26. The fourth-order valence-electron chi connectivity index (χ4n) is 4.09. The molecule has 0 radical (unpaired) electrons. The zero-order chi connectivity index (χ0) is 26.6. The van der Waals surface area contributed by atoms with Gasteiger partial charge < -0.3 is 14.8 Å². The van der Waals surface area contributed by atoms with Gasteiger partial charge >= 0.3 is 0 Å². The van der Waals surface area contributed by atoms with E-state index in [1.54, 1.807) is 36.3 Å². The lowest BCUT2D eigenvalue weighted by Crippen LogP contribution is -2.31. The number of halogens is 1. The summed E-state index contributed by atoms with van der Waals surface area (Å²) >= 11 is 6.60. The van der Waals surface area contributed by atoms with Crippen LogP contribution < -0.4 is 14.8 Å². The Hall–Kier alpha value is -4.44. The van der Waals surface area contributed by atoms with Gasteiger partial charge in [-0.05, 0) is 48.9 Å². The third-order valence-corrected chi connectivity index (χ3v) is 6.58. The number of aryl methyl sites for hydroxylation is 1. The van der Waals surface area contributed by atoms with E-state index in [2.05, 4.69) is 25.6 Å². The molecular weight excluding hydrogens is 506 g/mol. The fourth-order valence-corrected chi connectivity index (χ4v) is 4.37. The molecule has 0 spiro atoms. The molecule has 1 amide bonds. The third kappa shape index (κ3) is 5.30. The van der Waals surface area contributed by atoms with Gasteiger partial charge in [0.25, 0.3) is 5.91 Å². The van der Waals surface area contributed by atoms with Gasteiger partial charge in [-0.1, -0.05) is 23.7 Å². The van der Waals surface area contributed by atoms with Crippen LogP contribution in [0.2, 0.25) is 5.02 Å². The van der Waals surface area contributed by atoms with Crippen molar-refractivity contribution in [1.82, 2.24) is 35.3 Å². The number of fused-ring (bicyclic) bond motifs is 1. The molecule has 0 aliphatic rings. The van der Waals surface area contributed by atoms with Crippen molar-refractivity contribution in [2.24, 2.45) is 7.05 Å². The highest BCUT2D eigenvalue weighted by molar-refractivity contribution is 6.36. The first-order chi connectivity index (χ1) is 18.4. The quantitative estimate of drug-likeness (QED) is 0.291. The number of rotatable bonds is 9. The van der Waals surface area contributed by atoms with Crippen LogP contribution in [0.5, 0.6) is 11.5 Å². The van der Waals surface area contributed by atoms with E-state index in [0.29, 0.717) is 28.8 Å². The van der Waals surface area contributed by atoms with Crippen molar-refractivity contribution in [1.29, 1.82) is 0 Å². The lowest BCUT2D eigenvalue weighted by molar-refractivity contribution is -0.123. The summed E-state index contributed by atoms with van der Waals surface area (Å²) in [6.45, 7) is 1.70. The van der Waals surface area contributed by atoms with Crippen LogP contribution in [0.25, 0.3) is 22.3 Å². The summed E-state index contributed by atoms with van der Waals surface area (Å²) in [5.41, 5.74) is 3.33. The first-order valence-electron chi connectivity index (χ1n) is 11.9. The monoisotopic (exact) mass is 531 g/mol. The lowest BCUT2D eigenvalue weighted by atomic mass is 10.1. The molecule has 10 nitrogen and oxygen atoms in total. The molecule has 0 saturated heterocycles. The van der Waals surface area contributed by atoms with Gasteiger partial charge in [-0.3, -0.25) is 19.6 Å². The van der Waals surface area contributed by atoms with E-state index in [-0.39, 0.29) is 18.6 Å². The number of aromatic nitrogens is 6. The molecule has 3 aromatic heterocycles. The Bertz CT molecular complexity index is 1580. The minimum Gasteiger partial charge on any atom is -0.493 e. The van der Waals surface area contributed by atoms with E-state index in [1.165, 1.54) is 0 Å². The molecule has 38 heavy (non-hydrogen) atoms. The molecule has 1 atom stereocenters. The van der Waals surface area contributed by atoms with Gasteiger partial charge in [-0.2, -0.15) is 10.2 Å². The van der Waals surface area contributed by atoms with E-state index in [0.717, 1.165) is 33.5 Å². The van der Waals surface area contributed by atoms with E-state index in [4.69, 9.17) is 26.1 Å². The maximum Gasteiger partial charge on any atom is 0.258 e. The maximum atomic E-state index is 12.4. The number of methoxy groups -OCH3 is 1. The number of pyridine rings is 1. The molecular formula is C27H26ClN7O3. The van der Waals surface area contributed by atoms with Crippen molar-refractivity contribution < 1.29 is 14.3 Å². The highest BCUT2D eigenvalue weighted by atomic mass is 35.5. The second kappa shape index (κ2) is 10.9. The summed E-state index contributed by atoms with van der Waals surface area (Å²) in [5.74, 6) is 1.93. The number of hydrogen-bond acceptors (Lipinski definition) is 7. The van der Waals surface area contributed by atoms with Crippen molar-refractivity contribution in [3.8, 4) is 22.9 Å². The number of hydrogen-bond donors (Lipinski definition) is 2. The molecule has 194 valence electrons. The predicted molar refractivity (Wildman–Crippen MR) is 143 cm³/mol. The Kier molecular flexibility index (Phi) is 7.23. The highest BCUT2D eigenvalue weighted by Crippen LogP contribution is 2.32. The number of carbonyl (C=O) groups is 1. The van der Waals surface area contributed by atoms with E-state index < -0.39 is 0 Å². The summed E-state index contributed by atoms with van der Waals surface area (Å²) in [4.78, 5) is 21.4. The van der Waals surface area contributed by atoms with Crippen LogP contribution in [-0.4, -0.2) is 49.6 Å². The number of nitrogens with zero attached hydrogens (tertiary/aromatic N) is 5. The third-order valence-electron chi connectivity index (χ3n) is 6.13. The summed E-state index contributed by atoms with van der Waals surface area (Å²) in [5, 5.41) is 15.9. The molecule has 1 unspecified atom stereocenters. The minimum atomic E-state index is -0.266. The largest absolute Gasteiger partial charge is 0.493 e. The van der Waals surface area contributed by atoms with Crippen LogP contribution in [0.4, 0.5) is 0 Å². The zero-order valence-electron chi connectivity index (χ0n) is 21.1. The fraction of sp³-hybridized carbons (Fsp3) is 0.222. The average Bonchev–Trinajstić information content (AvgIpc) is 3.56. The number of nitrogens with one attached hydrogen (secondary N) is 2. The van der Waals surface area contributed by atoms with Gasteiger partial charge in [0.2, 0.25) is 0 Å². The van der Waals surface area contributed by atoms with Crippen molar-refractivity contribution in [3.63, 3.8) is 0 Å². The number of aromatic amines is 1. The second-order valence-corrected chi connectivity index (χ2v) is 9.10. The van der Waals surface area contributed by atoms with Crippen molar-refractivity contribution in [2.45, 2.75) is 19.4 Å². The Morgan fingerprint density at radius 2 is 2.05 bits per heavy atom. The van der Waals surface area contributed by atoms with Crippen LogP contribution in [0.15, 0.2) is 60.9 Å². The Morgan fingerprint density at radius 1 is 1.18 bits per heavy atom. The number of benzene rings is 2. The Labute approximate surface area is 224 Å². The van der Waals surface area contributed by atoms with Crippen LogP contribution in [0.3, 0.4) is 0 Å². The van der Waals surface area contributed by atoms with Crippen LogP contribution in [0.1, 0.15) is 30.0 Å². The lowest BCUT2D eigenvalue weighted by Gasteiger charge is -2.15. The first-order valence-corrected chi connectivity index (χ1v) is 12.3. The van der Waals surface area contributed by atoms with Gasteiger partial charge in [0.1, 0.15) is 5.82 Å². The molecule has 0 bridgehead atoms.